The summed E-state index contributed by atoms with van der Waals surface area (Å²) in [4.78, 5) is 2.56. The lowest BCUT2D eigenvalue weighted by Gasteiger charge is -2.43. The summed E-state index contributed by atoms with van der Waals surface area (Å²) in [5.74, 6) is 2.48. The van der Waals surface area contributed by atoms with Gasteiger partial charge in [0.25, 0.3) is 0 Å². The molecule has 3 aliphatic rings. The minimum atomic E-state index is 0.720. The van der Waals surface area contributed by atoms with E-state index >= 15 is 0 Å². The minimum Gasteiger partial charge on any atom is -0.357 e. The van der Waals surface area contributed by atoms with Crippen molar-refractivity contribution in [2.24, 2.45) is 11.8 Å². The lowest BCUT2D eigenvalue weighted by molar-refractivity contribution is 0.0739. The van der Waals surface area contributed by atoms with Gasteiger partial charge in [-0.15, -0.1) is 0 Å². The Morgan fingerprint density at radius 1 is 1.40 bits per heavy atom. The maximum absolute atomic E-state index is 5.05. The Bertz CT molecular complexity index is 337. The summed E-state index contributed by atoms with van der Waals surface area (Å²) >= 11 is 0. The van der Waals surface area contributed by atoms with E-state index in [9.17, 15) is 0 Å². The highest BCUT2D eigenvalue weighted by Crippen LogP contribution is 2.33. The molecule has 1 aromatic heterocycles. The maximum atomic E-state index is 5.05. The van der Waals surface area contributed by atoms with E-state index in [2.05, 4.69) is 22.2 Å². The van der Waals surface area contributed by atoms with E-state index < -0.39 is 0 Å². The van der Waals surface area contributed by atoms with Crippen molar-refractivity contribution in [2.45, 2.75) is 12.8 Å². The number of rotatable bonds is 2. The molecular formula is C12H16N2O. The Hall–Kier alpha value is -1.09. The zero-order valence-corrected chi connectivity index (χ0v) is 8.80. The monoisotopic (exact) mass is 204 g/mol. The number of hydrogen-bond donors (Lipinski definition) is 0. The van der Waals surface area contributed by atoms with Crippen LogP contribution in [0.15, 0.2) is 22.9 Å². The van der Waals surface area contributed by atoms with Crippen LogP contribution in [-0.4, -0.2) is 29.7 Å². The second-order valence-corrected chi connectivity index (χ2v) is 4.58. The van der Waals surface area contributed by atoms with Crippen LogP contribution in [0.1, 0.15) is 18.6 Å². The smallest absolute Gasteiger partial charge is 0.159 e. The Morgan fingerprint density at radius 2 is 2.27 bits per heavy atom. The van der Waals surface area contributed by atoms with Crippen molar-refractivity contribution in [1.29, 1.82) is 0 Å². The van der Waals surface area contributed by atoms with Gasteiger partial charge in [-0.05, 0) is 43.8 Å². The molecule has 1 atom stereocenters. The first-order valence-corrected chi connectivity index (χ1v) is 5.73. The number of nitrogens with zero attached hydrogens (tertiary/aromatic N) is 2. The maximum Gasteiger partial charge on any atom is 0.159 e. The van der Waals surface area contributed by atoms with Gasteiger partial charge in [0.15, 0.2) is 5.76 Å². The third-order valence-corrected chi connectivity index (χ3v) is 3.67. The lowest BCUT2D eigenvalue weighted by atomic mass is 9.79. The molecule has 0 aliphatic carbocycles. The second-order valence-electron chi connectivity index (χ2n) is 4.58. The van der Waals surface area contributed by atoms with Crippen molar-refractivity contribution in [3.8, 4) is 0 Å². The number of fused-ring (bicyclic) bond motifs is 3. The number of aromatic nitrogens is 1. The van der Waals surface area contributed by atoms with Gasteiger partial charge in [0.05, 0.1) is 6.20 Å². The van der Waals surface area contributed by atoms with Crippen LogP contribution < -0.4 is 0 Å². The topological polar surface area (TPSA) is 29.3 Å². The molecule has 0 N–H and O–H groups in total. The second kappa shape index (κ2) is 3.81. The quantitative estimate of drug-likeness (QED) is 0.738. The summed E-state index contributed by atoms with van der Waals surface area (Å²) in [5.41, 5.74) is 0. The molecule has 3 nitrogen and oxygen atoms in total. The average Bonchev–Trinajstić information content (AvgIpc) is 2.81. The molecule has 80 valence electrons. The highest BCUT2D eigenvalue weighted by Gasteiger charge is 2.32. The van der Waals surface area contributed by atoms with Gasteiger partial charge in [0.1, 0.15) is 0 Å². The van der Waals surface area contributed by atoms with E-state index in [1.165, 1.54) is 32.5 Å². The van der Waals surface area contributed by atoms with E-state index in [0.29, 0.717) is 0 Å². The molecule has 4 rings (SSSR count). The van der Waals surface area contributed by atoms with Crippen LogP contribution in [0, 0.1) is 11.8 Å². The molecule has 15 heavy (non-hydrogen) atoms. The van der Waals surface area contributed by atoms with Gasteiger partial charge in [-0.1, -0.05) is 11.2 Å². The van der Waals surface area contributed by atoms with Gasteiger partial charge < -0.3 is 9.42 Å². The fourth-order valence-corrected chi connectivity index (χ4v) is 2.76. The highest BCUT2D eigenvalue weighted by molar-refractivity contribution is 5.42. The summed E-state index contributed by atoms with van der Waals surface area (Å²) < 4.78 is 5.05. The summed E-state index contributed by atoms with van der Waals surface area (Å²) in [7, 11) is 0. The SMILES string of the molecule is C(=C\C1CN2CCC1CC2)/c1ccno1. The molecule has 2 bridgehead atoms. The first-order chi connectivity index (χ1) is 7.42. The van der Waals surface area contributed by atoms with Gasteiger partial charge in [0, 0.05) is 12.6 Å². The van der Waals surface area contributed by atoms with E-state index in [0.717, 1.165) is 17.6 Å². The highest BCUT2D eigenvalue weighted by atomic mass is 16.5. The van der Waals surface area contributed by atoms with Gasteiger partial charge in [-0.25, -0.2) is 0 Å². The number of hydrogen-bond acceptors (Lipinski definition) is 3. The third-order valence-electron chi connectivity index (χ3n) is 3.67. The standard InChI is InChI=1S/C12H16N2O/c1(2-12-3-6-13-15-12)11-9-14-7-4-10(11)5-8-14/h1-3,6,10-11H,4-5,7-9H2/b2-1+. The molecule has 3 aliphatic heterocycles. The molecule has 3 heteroatoms. The molecule has 0 radical (unpaired) electrons. The van der Waals surface area contributed by atoms with Crippen LogP contribution in [0.5, 0.6) is 0 Å². The molecule has 0 spiro atoms. The molecule has 1 unspecified atom stereocenters. The molecule has 3 saturated heterocycles. The zero-order chi connectivity index (χ0) is 10.1. The fraction of sp³-hybridized carbons (Fsp3) is 0.583. The van der Waals surface area contributed by atoms with Crippen LogP contribution in [0.2, 0.25) is 0 Å². The Kier molecular flexibility index (Phi) is 2.33. The normalized spacial score (nSPS) is 35.1. The van der Waals surface area contributed by atoms with Gasteiger partial charge in [-0.3, -0.25) is 0 Å². The summed E-state index contributed by atoms with van der Waals surface area (Å²) in [6, 6.07) is 1.90. The van der Waals surface area contributed by atoms with Crippen molar-refractivity contribution in [2.75, 3.05) is 19.6 Å². The van der Waals surface area contributed by atoms with Crippen molar-refractivity contribution in [3.05, 3.63) is 24.1 Å². The summed E-state index contributed by atoms with van der Waals surface area (Å²) in [6.45, 7) is 3.84. The van der Waals surface area contributed by atoms with E-state index in [1.54, 1.807) is 6.20 Å². The van der Waals surface area contributed by atoms with Crippen LogP contribution in [0.3, 0.4) is 0 Å². The Labute approximate surface area is 89.7 Å². The van der Waals surface area contributed by atoms with Crippen LogP contribution in [0.4, 0.5) is 0 Å². The van der Waals surface area contributed by atoms with Crippen molar-refractivity contribution in [3.63, 3.8) is 0 Å². The van der Waals surface area contributed by atoms with Crippen molar-refractivity contribution < 1.29 is 4.52 Å². The largest absolute Gasteiger partial charge is 0.357 e. The van der Waals surface area contributed by atoms with E-state index in [1.807, 2.05) is 6.07 Å². The minimum absolute atomic E-state index is 0.720. The van der Waals surface area contributed by atoms with Crippen LogP contribution >= 0.6 is 0 Å². The van der Waals surface area contributed by atoms with E-state index in [4.69, 9.17) is 4.52 Å². The van der Waals surface area contributed by atoms with Crippen LogP contribution in [0.25, 0.3) is 6.08 Å². The van der Waals surface area contributed by atoms with Gasteiger partial charge in [-0.2, -0.15) is 0 Å². The molecule has 1 aromatic rings. The van der Waals surface area contributed by atoms with Crippen LogP contribution in [-0.2, 0) is 0 Å². The molecule has 3 fully saturated rings. The Balaban J connectivity index is 1.68. The van der Waals surface area contributed by atoms with Gasteiger partial charge in [0.2, 0.25) is 0 Å². The first-order valence-electron chi connectivity index (χ1n) is 5.73. The lowest BCUT2D eigenvalue weighted by Crippen LogP contribution is -2.46. The van der Waals surface area contributed by atoms with Crippen molar-refractivity contribution in [1.82, 2.24) is 10.1 Å². The molecule has 4 heterocycles. The third kappa shape index (κ3) is 1.84. The fourth-order valence-electron chi connectivity index (χ4n) is 2.76. The average molecular weight is 204 g/mol. The predicted octanol–water partition coefficient (Wildman–Crippen LogP) is 2.03. The summed E-state index contributed by atoms with van der Waals surface area (Å²) in [6.07, 6.45) is 8.79. The van der Waals surface area contributed by atoms with Crippen molar-refractivity contribution >= 4 is 6.08 Å². The molecule has 0 amide bonds. The Morgan fingerprint density at radius 3 is 2.87 bits per heavy atom. The zero-order valence-electron chi connectivity index (χ0n) is 8.80. The predicted molar refractivity (Wildman–Crippen MR) is 58.2 cm³/mol. The van der Waals surface area contributed by atoms with E-state index in [-0.39, 0.29) is 0 Å². The molecular weight excluding hydrogens is 188 g/mol. The van der Waals surface area contributed by atoms with Gasteiger partial charge >= 0.3 is 0 Å². The molecule has 0 saturated carbocycles. The molecule has 0 aromatic carbocycles. The summed E-state index contributed by atoms with van der Waals surface area (Å²) in [5, 5.41) is 3.70. The number of piperidine rings is 3. The first kappa shape index (κ1) is 9.16.